The lowest BCUT2D eigenvalue weighted by atomic mass is 10.2. The van der Waals surface area contributed by atoms with Crippen LogP contribution in [0.3, 0.4) is 0 Å². The highest BCUT2D eigenvalue weighted by atomic mass is 15.2. The van der Waals surface area contributed by atoms with Crippen molar-refractivity contribution in [3.05, 3.63) is 0 Å². The fourth-order valence-electron chi connectivity index (χ4n) is 0.677. The van der Waals surface area contributed by atoms with E-state index in [4.69, 9.17) is 0 Å². The minimum atomic E-state index is 1.00. The highest BCUT2D eigenvalue weighted by molar-refractivity contribution is 4.35. The summed E-state index contributed by atoms with van der Waals surface area (Å²) in [6, 6.07) is 0. The second kappa shape index (κ2) is 9.05. The summed E-state index contributed by atoms with van der Waals surface area (Å²) in [4.78, 5) is 0. The van der Waals surface area contributed by atoms with Crippen LogP contribution in [0, 0.1) is 0 Å². The third-order valence-electron chi connectivity index (χ3n) is 1.21. The molecule has 0 radical (unpaired) electrons. The summed E-state index contributed by atoms with van der Waals surface area (Å²) in [7, 11) is 8.50. The van der Waals surface area contributed by atoms with E-state index < -0.39 is 0 Å². The second-order valence-corrected chi connectivity index (χ2v) is 4.74. The van der Waals surface area contributed by atoms with Gasteiger partial charge in [0.2, 0.25) is 0 Å². The lowest BCUT2D eigenvalue weighted by Gasteiger charge is -2.14. The Hall–Kier alpha value is -0.0400. The average Bonchev–Trinajstić information content (AvgIpc) is 1.85. The molecule has 1 heteroatoms. The zero-order valence-electron chi connectivity index (χ0n) is 9.98. The van der Waals surface area contributed by atoms with Gasteiger partial charge in [0.1, 0.15) is 0 Å². The SMILES string of the molecule is CCCCCCC.C[N+](C)(C)C. The number of nitrogens with zero attached hydrogens (tertiary/aromatic N) is 1. The molecule has 0 heterocycles. The molecule has 0 aliphatic heterocycles. The molecule has 0 spiro atoms. The Balaban J connectivity index is 0. The van der Waals surface area contributed by atoms with Crippen molar-refractivity contribution < 1.29 is 4.48 Å². The average molecular weight is 174 g/mol. The van der Waals surface area contributed by atoms with E-state index in [1.807, 2.05) is 0 Å². The van der Waals surface area contributed by atoms with E-state index in [9.17, 15) is 0 Å². The molecule has 0 aromatic rings. The third kappa shape index (κ3) is 51.0. The van der Waals surface area contributed by atoms with Gasteiger partial charge in [-0.2, -0.15) is 0 Å². The molecule has 0 saturated heterocycles. The third-order valence-corrected chi connectivity index (χ3v) is 1.21. The molecule has 0 atom stereocenters. The maximum absolute atomic E-state index is 2.25. The molecular formula is C11H28N+. The minimum Gasteiger partial charge on any atom is -0.333 e. The van der Waals surface area contributed by atoms with Gasteiger partial charge in [0, 0.05) is 0 Å². The summed E-state index contributed by atoms with van der Waals surface area (Å²) < 4.78 is 1.00. The van der Waals surface area contributed by atoms with Crippen LogP contribution in [0.15, 0.2) is 0 Å². The Kier molecular flexibility index (Phi) is 10.9. The molecule has 0 rings (SSSR count). The number of hydrogen-bond donors (Lipinski definition) is 0. The quantitative estimate of drug-likeness (QED) is 0.453. The number of rotatable bonds is 4. The fraction of sp³-hybridized carbons (Fsp3) is 1.00. The minimum absolute atomic E-state index is 1.00. The van der Waals surface area contributed by atoms with Gasteiger partial charge >= 0.3 is 0 Å². The van der Waals surface area contributed by atoms with Gasteiger partial charge in [-0.3, -0.25) is 0 Å². The first kappa shape index (κ1) is 14.5. The summed E-state index contributed by atoms with van der Waals surface area (Å²) in [5.74, 6) is 0. The van der Waals surface area contributed by atoms with Crippen LogP contribution in [0.4, 0.5) is 0 Å². The maximum atomic E-state index is 2.25. The van der Waals surface area contributed by atoms with Gasteiger partial charge in [-0.25, -0.2) is 0 Å². The molecular weight excluding hydrogens is 146 g/mol. The van der Waals surface area contributed by atoms with Crippen LogP contribution in [-0.2, 0) is 0 Å². The van der Waals surface area contributed by atoms with Gasteiger partial charge in [-0.1, -0.05) is 46.0 Å². The maximum Gasteiger partial charge on any atom is 0.0675 e. The lowest BCUT2D eigenvalue weighted by Crippen LogP contribution is -2.27. The second-order valence-electron chi connectivity index (χ2n) is 4.74. The zero-order chi connectivity index (χ0) is 10.0. The highest BCUT2D eigenvalue weighted by Gasteiger charge is 1.88. The van der Waals surface area contributed by atoms with E-state index in [1.165, 1.54) is 32.1 Å². The van der Waals surface area contributed by atoms with Crippen molar-refractivity contribution in [3.63, 3.8) is 0 Å². The highest BCUT2D eigenvalue weighted by Crippen LogP contribution is 2.00. The van der Waals surface area contributed by atoms with Crippen LogP contribution < -0.4 is 0 Å². The smallest absolute Gasteiger partial charge is 0.0675 e. The summed E-state index contributed by atoms with van der Waals surface area (Å²) in [6.45, 7) is 4.49. The molecule has 0 aromatic carbocycles. The summed E-state index contributed by atoms with van der Waals surface area (Å²) in [6.07, 6.45) is 7.01. The van der Waals surface area contributed by atoms with E-state index in [1.54, 1.807) is 0 Å². The lowest BCUT2D eigenvalue weighted by molar-refractivity contribution is -0.849. The predicted octanol–water partition coefficient (Wildman–Crippen LogP) is 3.30. The van der Waals surface area contributed by atoms with Gasteiger partial charge in [-0.05, 0) is 0 Å². The van der Waals surface area contributed by atoms with Gasteiger partial charge in [-0.15, -0.1) is 0 Å². The first-order valence-corrected chi connectivity index (χ1v) is 5.20. The van der Waals surface area contributed by atoms with E-state index in [0.717, 1.165) is 4.48 Å². The van der Waals surface area contributed by atoms with Crippen molar-refractivity contribution in [1.29, 1.82) is 0 Å². The largest absolute Gasteiger partial charge is 0.333 e. The van der Waals surface area contributed by atoms with Crippen molar-refractivity contribution in [2.75, 3.05) is 28.2 Å². The molecule has 76 valence electrons. The first-order chi connectivity index (χ1) is 5.41. The molecule has 0 aromatic heterocycles. The fourth-order valence-corrected chi connectivity index (χ4v) is 0.677. The zero-order valence-corrected chi connectivity index (χ0v) is 9.98. The van der Waals surface area contributed by atoms with Crippen molar-refractivity contribution >= 4 is 0 Å². The van der Waals surface area contributed by atoms with E-state index in [-0.39, 0.29) is 0 Å². The summed E-state index contributed by atoms with van der Waals surface area (Å²) >= 11 is 0. The summed E-state index contributed by atoms with van der Waals surface area (Å²) in [5, 5.41) is 0. The number of unbranched alkanes of at least 4 members (excludes halogenated alkanes) is 4. The van der Waals surface area contributed by atoms with E-state index in [0.29, 0.717) is 0 Å². The molecule has 0 bridgehead atoms. The Morgan fingerprint density at radius 2 is 0.917 bits per heavy atom. The van der Waals surface area contributed by atoms with Gasteiger partial charge in [0.05, 0.1) is 28.2 Å². The van der Waals surface area contributed by atoms with Crippen LogP contribution in [0.5, 0.6) is 0 Å². The van der Waals surface area contributed by atoms with Gasteiger partial charge < -0.3 is 4.48 Å². The van der Waals surface area contributed by atoms with Crippen molar-refractivity contribution in [3.8, 4) is 0 Å². The van der Waals surface area contributed by atoms with Crippen LogP contribution in [0.2, 0.25) is 0 Å². The number of hydrogen-bond acceptors (Lipinski definition) is 0. The van der Waals surface area contributed by atoms with Gasteiger partial charge in [0.25, 0.3) is 0 Å². The normalized spacial score (nSPS) is 10.5. The topological polar surface area (TPSA) is 0 Å². The molecule has 0 aliphatic carbocycles. The van der Waals surface area contributed by atoms with Gasteiger partial charge in [0.15, 0.2) is 0 Å². The molecule has 0 saturated carbocycles. The van der Waals surface area contributed by atoms with E-state index in [2.05, 4.69) is 42.0 Å². The van der Waals surface area contributed by atoms with Crippen molar-refractivity contribution in [2.24, 2.45) is 0 Å². The van der Waals surface area contributed by atoms with Crippen LogP contribution in [0.1, 0.15) is 46.0 Å². The molecule has 0 unspecified atom stereocenters. The number of quaternary nitrogens is 1. The molecule has 0 N–H and O–H groups in total. The van der Waals surface area contributed by atoms with Crippen molar-refractivity contribution in [1.82, 2.24) is 0 Å². The van der Waals surface area contributed by atoms with Crippen molar-refractivity contribution in [2.45, 2.75) is 46.0 Å². The van der Waals surface area contributed by atoms with E-state index >= 15 is 0 Å². The van der Waals surface area contributed by atoms with Crippen LogP contribution >= 0.6 is 0 Å². The Labute approximate surface area is 79.4 Å². The standard InChI is InChI=1S/C7H16.C4H12N/c1-3-5-7-6-4-2;1-5(2,3)4/h3-7H2,1-2H3;1-4H3/q;+1. The summed E-state index contributed by atoms with van der Waals surface area (Å²) in [5.41, 5.74) is 0. The molecule has 1 nitrogen and oxygen atoms in total. The predicted molar refractivity (Wildman–Crippen MR) is 58.4 cm³/mol. The molecule has 0 amide bonds. The monoisotopic (exact) mass is 174 g/mol. The molecule has 0 fully saturated rings. The molecule has 12 heavy (non-hydrogen) atoms. The van der Waals surface area contributed by atoms with Crippen LogP contribution in [0.25, 0.3) is 0 Å². The Morgan fingerprint density at radius 3 is 1.08 bits per heavy atom. The Morgan fingerprint density at radius 1 is 0.667 bits per heavy atom. The van der Waals surface area contributed by atoms with Crippen LogP contribution in [-0.4, -0.2) is 32.7 Å². The molecule has 0 aliphatic rings. The Bertz CT molecular complexity index is 61.6. The first-order valence-electron chi connectivity index (χ1n) is 5.20.